The lowest BCUT2D eigenvalue weighted by Gasteiger charge is -2.26. The third-order valence-electron chi connectivity index (χ3n) is 3.73. The minimum Gasteiger partial charge on any atom is -0.372 e. The number of benzene rings is 1. The van der Waals surface area contributed by atoms with Crippen molar-refractivity contribution in [3.63, 3.8) is 0 Å². The predicted octanol–water partition coefficient (Wildman–Crippen LogP) is 3.83. The molecule has 1 rings (SSSR count). The average molecular weight is 262 g/mol. The van der Waals surface area contributed by atoms with Crippen molar-refractivity contribution >= 4 is 5.69 Å². The van der Waals surface area contributed by atoms with Gasteiger partial charge in [-0.25, -0.2) is 0 Å². The van der Waals surface area contributed by atoms with Crippen molar-refractivity contribution in [1.82, 2.24) is 0 Å². The molecule has 0 aliphatic carbocycles. The summed E-state index contributed by atoms with van der Waals surface area (Å²) in [6.07, 6.45) is 2.43. The van der Waals surface area contributed by atoms with Crippen molar-refractivity contribution in [2.45, 2.75) is 40.5 Å². The van der Waals surface area contributed by atoms with Crippen LogP contribution in [0.1, 0.15) is 39.2 Å². The molecule has 0 heterocycles. The monoisotopic (exact) mass is 262 g/mol. The van der Waals surface area contributed by atoms with Crippen LogP contribution < -0.4 is 10.6 Å². The number of rotatable bonds is 8. The lowest BCUT2D eigenvalue weighted by Crippen LogP contribution is -2.28. The van der Waals surface area contributed by atoms with E-state index in [1.54, 1.807) is 0 Å². The van der Waals surface area contributed by atoms with Gasteiger partial charge in [0.1, 0.15) is 0 Å². The molecule has 1 atom stereocenters. The Labute approximate surface area is 119 Å². The summed E-state index contributed by atoms with van der Waals surface area (Å²) in [4.78, 5) is 2.45. The van der Waals surface area contributed by atoms with E-state index >= 15 is 0 Å². The third-order valence-corrected chi connectivity index (χ3v) is 3.73. The number of nitrogens with two attached hydrogens (primary N) is 1. The lowest BCUT2D eigenvalue weighted by molar-refractivity contribution is 0.395. The van der Waals surface area contributed by atoms with Gasteiger partial charge in [0.25, 0.3) is 0 Å². The molecule has 0 spiro atoms. The van der Waals surface area contributed by atoms with Gasteiger partial charge in [0.05, 0.1) is 0 Å². The number of anilines is 1. The van der Waals surface area contributed by atoms with Crippen LogP contribution in [0.3, 0.4) is 0 Å². The van der Waals surface area contributed by atoms with Crippen LogP contribution in [-0.2, 0) is 0 Å². The zero-order chi connectivity index (χ0) is 14.3. The predicted molar refractivity (Wildman–Crippen MR) is 85.7 cm³/mol. The standard InChI is InChI=1S/C17H30N2/c1-5-19(17-8-6-15(4)7-9-17)11-10-16(13-18)12-14(2)3/h6-9,14,16H,5,10-13,18H2,1-4H3. The zero-order valence-electron chi connectivity index (χ0n) is 13.0. The summed E-state index contributed by atoms with van der Waals surface area (Å²) in [6.45, 7) is 11.9. The number of aryl methyl sites for hydroxylation is 1. The van der Waals surface area contributed by atoms with Crippen LogP contribution in [0.4, 0.5) is 5.69 Å². The van der Waals surface area contributed by atoms with Gasteiger partial charge in [0.2, 0.25) is 0 Å². The number of nitrogens with zero attached hydrogens (tertiary/aromatic N) is 1. The van der Waals surface area contributed by atoms with Crippen molar-refractivity contribution in [3.05, 3.63) is 29.8 Å². The largest absolute Gasteiger partial charge is 0.372 e. The Morgan fingerprint density at radius 3 is 2.26 bits per heavy atom. The molecule has 1 unspecified atom stereocenters. The molecular formula is C17H30N2. The molecule has 0 aliphatic rings. The van der Waals surface area contributed by atoms with E-state index in [0.29, 0.717) is 5.92 Å². The molecule has 2 nitrogen and oxygen atoms in total. The van der Waals surface area contributed by atoms with Gasteiger partial charge >= 0.3 is 0 Å². The Bertz CT molecular complexity index is 343. The topological polar surface area (TPSA) is 29.3 Å². The van der Waals surface area contributed by atoms with Crippen molar-refractivity contribution in [3.8, 4) is 0 Å². The highest BCUT2D eigenvalue weighted by Gasteiger charge is 2.11. The van der Waals surface area contributed by atoms with Crippen molar-refractivity contribution in [1.29, 1.82) is 0 Å². The van der Waals surface area contributed by atoms with Crippen molar-refractivity contribution in [2.75, 3.05) is 24.5 Å². The molecule has 2 heteroatoms. The molecule has 2 N–H and O–H groups in total. The van der Waals surface area contributed by atoms with Crippen molar-refractivity contribution in [2.24, 2.45) is 17.6 Å². The van der Waals surface area contributed by atoms with E-state index in [2.05, 4.69) is 56.9 Å². The summed E-state index contributed by atoms with van der Waals surface area (Å²) in [5.74, 6) is 1.39. The van der Waals surface area contributed by atoms with Crippen LogP contribution in [-0.4, -0.2) is 19.6 Å². The Morgan fingerprint density at radius 1 is 1.16 bits per heavy atom. The SMILES string of the molecule is CCN(CCC(CN)CC(C)C)c1ccc(C)cc1. The maximum atomic E-state index is 5.89. The van der Waals surface area contributed by atoms with Crippen LogP contribution in [0.5, 0.6) is 0 Å². The van der Waals surface area contributed by atoms with E-state index in [4.69, 9.17) is 5.73 Å². The fourth-order valence-electron chi connectivity index (χ4n) is 2.56. The molecule has 0 amide bonds. The number of hydrogen-bond acceptors (Lipinski definition) is 2. The second-order valence-corrected chi connectivity index (χ2v) is 5.94. The minimum absolute atomic E-state index is 0.652. The van der Waals surface area contributed by atoms with Gasteiger partial charge < -0.3 is 10.6 Å². The summed E-state index contributed by atoms with van der Waals surface area (Å²) in [5.41, 5.74) is 8.53. The van der Waals surface area contributed by atoms with Gasteiger partial charge in [-0.05, 0) is 57.2 Å². The Kier molecular flexibility index (Phi) is 6.93. The normalized spacial score (nSPS) is 12.7. The molecule has 0 radical (unpaired) electrons. The first kappa shape index (κ1) is 16.0. The van der Waals surface area contributed by atoms with E-state index < -0.39 is 0 Å². The summed E-state index contributed by atoms with van der Waals surface area (Å²) < 4.78 is 0. The highest BCUT2D eigenvalue weighted by Crippen LogP contribution is 2.19. The van der Waals surface area contributed by atoms with Crippen LogP contribution in [0.15, 0.2) is 24.3 Å². The Hall–Kier alpha value is -1.02. The summed E-state index contributed by atoms with van der Waals surface area (Å²) >= 11 is 0. The highest BCUT2D eigenvalue weighted by molar-refractivity contribution is 5.47. The molecule has 0 saturated carbocycles. The molecule has 0 aliphatic heterocycles. The van der Waals surface area contributed by atoms with Gasteiger partial charge in [0, 0.05) is 18.8 Å². The molecule has 19 heavy (non-hydrogen) atoms. The van der Waals surface area contributed by atoms with Gasteiger partial charge in [-0.15, -0.1) is 0 Å². The van der Waals surface area contributed by atoms with Gasteiger partial charge in [-0.2, -0.15) is 0 Å². The summed E-state index contributed by atoms with van der Waals surface area (Å²) in [5, 5.41) is 0. The molecule has 0 fully saturated rings. The molecule has 0 bridgehead atoms. The van der Waals surface area contributed by atoms with E-state index in [0.717, 1.165) is 25.6 Å². The quantitative estimate of drug-likeness (QED) is 0.771. The fourth-order valence-corrected chi connectivity index (χ4v) is 2.56. The van der Waals surface area contributed by atoms with Crippen LogP contribution in [0, 0.1) is 18.8 Å². The second kappa shape index (κ2) is 8.21. The molecule has 1 aromatic rings. The first-order valence-electron chi connectivity index (χ1n) is 7.58. The molecule has 108 valence electrons. The average Bonchev–Trinajstić information content (AvgIpc) is 2.39. The lowest BCUT2D eigenvalue weighted by atomic mass is 9.94. The second-order valence-electron chi connectivity index (χ2n) is 5.94. The summed E-state index contributed by atoms with van der Waals surface area (Å²) in [7, 11) is 0. The summed E-state index contributed by atoms with van der Waals surface area (Å²) in [6, 6.07) is 8.82. The number of hydrogen-bond donors (Lipinski definition) is 1. The zero-order valence-corrected chi connectivity index (χ0v) is 13.0. The fraction of sp³-hybridized carbons (Fsp3) is 0.647. The van der Waals surface area contributed by atoms with E-state index in [1.807, 2.05) is 0 Å². The Morgan fingerprint density at radius 2 is 1.79 bits per heavy atom. The molecule has 0 aromatic heterocycles. The van der Waals surface area contributed by atoms with Crippen LogP contribution >= 0.6 is 0 Å². The van der Waals surface area contributed by atoms with E-state index in [9.17, 15) is 0 Å². The minimum atomic E-state index is 0.652. The maximum absolute atomic E-state index is 5.89. The smallest absolute Gasteiger partial charge is 0.0366 e. The Balaban J connectivity index is 2.54. The molecule has 0 saturated heterocycles. The van der Waals surface area contributed by atoms with Gasteiger partial charge in [-0.1, -0.05) is 31.5 Å². The van der Waals surface area contributed by atoms with Crippen LogP contribution in [0.25, 0.3) is 0 Å². The molecular weight excluding hydrogens is 232 g/mol. The van der Waals surface area contributed by atoms with E-state index in [1.165, 1.54) is 24.1 Å². The highest BCUT2D eigenvalue weighted by atomic mass is 15.1. The van der Waals surface area contributed by atoms with Gasteiger partial charge in [0.15, 0.2) is 0 Å². The van der Waals surface area contributed by atoms with Crippen molar-refractivity contribution < 1.29 is 0 Å². The first-order valence-corrected chi connectivity index (χ1v) is 7.58. The third kappa shape index (κ3) is 5.65. The maximum Gasteiger partial charge on any atom is 0.0366 e. The molecule has 1 aromatic carbocycles. The first-order chi connectivity index (χ1) is 9.06. The van der Waals surface area contributed by atoms with Crippen LogP contribution in [0.2, 0.25) is 0 Å². The van der Waals surface area contributed by atoms with E-state index in [-0.39, 0.29) is 0 Å². The van der Waals surface area contributed by atoms with Gasteiger partial charge in [-0.3, -0.25) is 0 Å².